The number of nitrogens with two attached hydrogens (primary N) is 1. The Bertz CT molecular complexity index is 673. The number of amides is 2. The summed E-state index contributed by atoms with van der Waals surface area (Å²) in [4.78, 5) is 28.1. The molecule has 0 saturated carbocycles. The molecule has 1 aromatic carbocycles. The maximum Gasteiger partial charge on any atom is 0.239 e. The van der Waals surface area contributed by atoms with Crippen molar-refractivity contribution in [1.82, 2.24) is 4.98 Å². The number of nitrogens with one attached hydrogen (secondary N) is 1. The summed E-state index contributed by atoms with van der Waals surface area (Å²) in [5.41, 5.74) is 5.67. The monoisotopic (exact) mass is 355 g/mol. The van der Waals surface area contributed by atoms with E-state index < -0.39 is 5.91 Å². The molecule has 2 rings (SSSR count). The quantitative estimate of drug-likeness (QED) is 0.780. The Morgan fingerprint density at radius 2 is 2.09 bits per heavy atom. The minimum absolute atomic E-state index is 0.0709. The second-order valence-corrected chi connectivity index (χ2v) is 7.20. The summed E-state index contributed by atoms with van der Waals surface area (Å²) in [6.07, 6.45) is 0.0709. The molecular formula is C14H14ClN3O2S2. The van der Waals surface area contributed by atoms with Crippen molar-refractivity contribution < 1.29 is 9.59 Å². The first-order valence-corrected chi connectivity index (χ1v) is 8.53. The number of carbonyl (C=O) groups is 2. The number of primary amides is 1. The van der Waals surface area contributed by atoms with E-state index >= 15 is 0 Å². The summed E-state index contributed by atoms with van der Waals surface area (Å²) in [7, 11) is 0. The van der Waals surface area contributed by atoms with E-state index in [2.05, 4.69) is 10.3 Å². The number of hydrogen-bond acceptors (Lipinski definition) is 5. The lowest BCUT2D eigenvalue weighted by atomic mass is 10.3. The Hall–Kier alpha value is -1.57. The van der Waals surface area contributed by atoms with Crippen molar-refractivity contribution in [3.05, 3.63) is 40.4 Å². The molecule has 0 spiro atoms. The topological polar surface area (TPSA) is 85.1 Å². The van der Waals surface area contributed by atoms with E-state index in [1.54, 1.807) is 17.5 Å². The third-order valence-corrected chi connectivity index (χ3v) is 4.80. The standard InChI is InChI=1S/C14H14ClN3O2S2/c1-8(22-11-4-2-9(15)3-5-11)13(20)18-14-17-10(7-21-14)6-12(16)19/h2-5,7-8H,6H2,1H3,(H2,16,19)(H,17,18,20). The Kier molecular flexibility index (Phi) is 5.82. The van der Waals surface area contributed by atoms with Crippen LogP contribution in [-0.2, 0) is 16.0 Å². The normalized spacial score (nSPS) is 11.9. The Labute approximate surface area is 141 Å². The maximum absolute atomic E-state index is 12.1. The van der Waals surface area contributed by atoms with Gasteiger partial charge in [0.2, 0.25) is 11.8 Å². The number of halogens is 1. The molecule has 8 heteroatoms. The molecule has 1 heterocycles. The second kappa shape index (κ2) is 7.62. The number of nitrogens with zero attached hydrogens (tertiary/aromatic N) is 1. The number of thiazole rings is 1. The molecule has 0 bridgehead atoms. The zero-order chi connectivity index (χ0) is 16.1. The van der Waals surface area contributed by atoms with Gasteiger partial charge in [-0.2, -0.15) is 0 Å². The fourth-order valence-electron chi connectivity index (χ4n) is 1.60. The highest BCUT2D eigenvalue weighted by Gasteiger charge is 2.16. The molecule has 1 aromatic heterocycles. The third kappa shape index (κ3) is 5.01. The zero-order valence-electron chi connectivity index (χ0n) is 11.7. The van der Waals surface area contributed by atoms with Crippen LogP contribution in [0.1, 0.15) is 12.6 Å². The van der Waals surface area contributed by atoms with Crippen LogP contribution in [0.3, 0.4) is 0 Å². The highest BCUT2D eigenvalue weighted by Crippen LogP contribution is 2.26. The van der Waals surface area contributed by atoms with Gasteiger partial charge in [-0.1, -0.05) is 11.6 Å². The summed E-state index contributed by atoms with van der Waals surface area (Å²) >= 11 is 8.53. The molecule has 0 saturated heterocycles. The van der Waals surface area contributed by atoms with E-state index in [9.17, 15) is 9.59 Å². The lowest BCUT2D eigenvalue weighted by molar-refractivity contribution is -0.117. The summed E-state index contributed by atoms with van der Waals surface area (Å²) in [5.74, 6) is -0.602. The number of carbonyl (C=O) groups excluding carboxylic acids is 2. The molecule has 2 aromatic rings. The van der Waals surface area contributed by atoms with Crippen molar-refractivity contribution >= 4 is 51.6 Å². The average Bonchev–Trinajstić information content (AvgIpc) is 2.87. The number of benzene rings is 1. The molecule has 0 aliphatic heterocycles. The van der Waals surface area contributed by atoms with E-state index in [0.29, 0.717) is 15.8 Å². The van der Waals surface area contributed by atoms with E-state index in [1.807, 2.05) is 19.1 Å². The first-order valence-electron chi connectivity index (χ1n) is 6.40. The van der Waals surface area contributed by atoms with Gasteiger partial charge in [-0.05, 0) is 31.2 Å². The van der Waals surface area contributed by atoms with Crippen LogP contribution < -0.4 is 11.1 Å². The highest BCUT2D eigenvalue weighted by molar-refractivity contribution is 8.00. The molecule has 3 N–H and O–H groups in total. The number of thioether (sulfide) groups is 1. The van der Waals surface area contributed by atoms with Gasteiger partial charge in [0.1, 0.15) is 0 Å². The molecule has 0 aliphatic rings. The second-order valence-electron chi connectivity index (χ2n) is 4.49. The zero-order valence-corrected chi connectivity index (χ0v) is 14.1. The molecule has 1 unspecified atom stereocenters. The van der Waals surface area contributed by atoms with Crippen LogP contribution in [0.2, 0.25) is 5.02 Å². The van der Waals surface area contributed by atoms with Gasteiger partial charge in [0.05, 0.1) is 17.4 Å². The van der Waals surface area contributed by atoms with E-state index in [0.717, 1.165) is 4.90 Å². The molecule has 0 radical (unpaired) electrons. The predicted molar refractivity (Wildman–Crippen MR) is 90.4 cm³/mol. The summed E-state index contributed by atoms with van der Waals surface area (Å²) in [5, 5.41) is 5.28. The molecule has 5 nitrogen and oxygen atoms in total. The number of anilines is 1. The molecule has 0 fully saturated rings. The van der Waals surface area contributed by atoms with Gasteiger partial charge in [-0.3, -0.25) is 9.59 Å². The largest absolute Gasteiger partial charge is 0.369 e. The summed E-state index contributed by atoms with van der Waals surface area (Å²) < 4.78 is 0. The van der Waals surface area contributed by atoms with Crippen LogP contribution in [-0.4, -0.2) is 22.0 Å². The van der Waals surface area contributed by atoms with Gasteiger partial charge in [0.25, 0.3) is 0 Å². The molecule has 22 heavy (non-hydrogen) atoms. The van der Waals surface area contributed by atoms with Crippen molar-refractivity contribution in [3.8, 4) is 0 Å². The van der Waals surface area contributed by atoms with Crippen molar-refractivity contribution in [1.29, 1.82) is 0 Å². The fraction of sp³-hybridized carbons (Fsp3) is 0.214. The van der Waals surface area contributed by atoms with Crippen LogP contribution in [0, 0.1) is 0 Å². The highest BCUT2D eigenvalue weighted by atomic mass is 35.5. The molecule has 116 valence electrons. The van der Waals surface area contributed by atoms with Gasteiger partial charge in [0.15, 0.2) is 5.13 Å². The first-order chi connectivity index (χ1) is 10.4. The molecular weight excluding hydrogens is 342 g/mol. The van der Waals surface area contributed by atoms with E-state index in [1.165, 1.54) is 23.1 Å². The Balaban J connectivity index is 1.92. The third-order valence-electron chi connectivity index (χ3n) is 2.63. The van der Waals surface area contributed by atoms with E-state index in [-0.39, 0.29) is 17.6 Å². The van der Waals surface area contributed by atoms with Crippen molar-refractivity contribution in [2.45, 2.75) is 23.5 Å². The van der Waals surface area contributed by atoms with Gasteiger partial charge >= 0.3 is 0 Å². The summed E-state index contributed by atoms with van der Waals surface area (Å²) in [6, 6.07) is 7.30. The number of hydrogen-bond donors (Lipinski definition) is 2. The number of aromatic nitrogens is 1. The lowest BCUT2D eigenvalue weighted by Gasteiger charge is -2.10. The summed E-state index contributed by atoms with van der Waals surface area (Å²) in [6.45, 7) is 1.81. The minimum Gasteiger partial charge on any atom is -0.369 e. The van der Waals surface area contributed by atoms with Crippen molar-refractivity contribution in [2.75, 3.05) is 5.32 Å². The van der Waals surface area contributed by atoms with E-state index in [4.69, 9.17) is 17.3 Å². The van der Waals surface area contributed by atoms with Crippen LogP contribution in [0.25, 0.3) is 0 Å². The minimum atomic E-state index is -0.449. The maximum atomic E-state index is 12.1. The lowest BCUT2D eigenvalue weighted by Crippen LogP contribution is -2.22. The Morgan fingerprint density at radius 3 is 2.73 bits per heavy atom. The molecule has 0 aliphatic carbocycles. The fourth-order valence-corrected chi connectivity index (χ4v) is 3.31. The first kappa shape index (κ1) is 16.8. The SMILES string of the molecule is CC(Sc1ccc(Cl)cc1)C(=O)Nc1nc(CC(N)=O)cs1. The van der Waals surface area contributed by atoms with Crippen LogP contribution >= 0.6 is 34.7 Å². The molecule has 2 amide bonds. The molecule has 1 atom stereocenters. The Morgan fingerprint density at radius 1 is 1.41 bits per heavy atom. The van der Waals surface area contributed by atoms with Gasteiger partial charge < -0.3 is 11.1 Å². The van der Waals surface area contributed by atoms with Crippen LogP contribution in [0.4, 0.5) is 5.13 Å². The van der Waals surface area contributed by atoms with Gasteiger partial charge in [-0.15, -0.1) is 23.1 Å². The van der Waals surface area contributed by atoms with Gasteiger partial charge in [0, 0.05) is 15.3 Å². The predicted octanol–water partition coefficient (Wildman–Crippen LogP) is 2.94. The van der Waals surface area contributed by atoms with Crippen molar-refractivity contribution in [3.63, 3.8) is 0 Å². The van der Waals surface area contributed by atoms with Crippen molar-refractivity contribution in [2.24, 2.45) is 5.73 Å². The van der Waals surface area contributed by atoms with Crippen LogP contribution in [0.5, 0.6) is 0 Å². The smallest absolute Gasteiger partial charge is 0.239 e. The van der Waals surface area contributed by atoms with Crippen LogP contribution in [0.15, 0.2) is 34.5 Å². The van der Waals surface area contributed by atoms with Gasteiger partial charge in [-0.25, -0.2) is 4.98 Å². The number of rotatable bonds is 6. The average molecular weight is 356 g/mol.